The third kappa shape index (κ3) is 7.15. The van der Waals surface area contributed by atoms with Gasteiger partial charge in [0, 0.05) is 44.4 Å². The van der Waals surface area contributed by atoms with Crippen LogP contribution in [-0.2, 0) is 9.53 Å². The van der Waals surface area contributed by atoms with Gasteiger partial charge in [-0.15, -0.1) is 0 Å². The molecule has 1 saturated heterocycles. The van der Waals surface area contributed by atoms with E-state index in [1.165, 1.54) is 6.20 Å². The first-order chi connectivity index (χ1) is 16.7. The zero-order valence-corrected chi connectivity index (χ0v) is 20.9. The Kier molecular flexibility index (Phi) is 9.46. The number of carbonyl (C=O) groups is 2. The molecule has 0 bridgehead atoms. The number of hydrogen-bond acceptors (Lipinski definition) is 8. The molecule has 0 aromatic carbocycles. The van der Waals surface area contributed by atoms with Crippen molar-refractivity contribution in [3.05, 3.63) is 23.4 Å². The van der Waals surface area contributed by atoms with E-state index in [-0.39, 0.29) is 35.8 Å². The largest absolute Gasteiger partial charge is 0.472 e. The summed E-state index contributed by atoms with van der Waals surface area (Å²) in [6, 6.07) is 1.18. The highest BCUT2D eigenvalue weighted by Gasteiger charge is 2.34. The van der Waals surface area contributed by atoms with Crippen LogP contribution >= 0.6 is 0 Å². The fraction of sp³-hybridized carbons (Fsp3) is 0.640. The summed E-state index contributed by atoms with van der Waals surface area (Å²) in [7, 11) is 1.75. The number of likely N-dealkylation sites (N-methyl/N-ethyl adjacent to an activating group) is 1. The van der Waals surface area contributed by atoms with Crippen LogP contribution in [0.2, 0.25) is 0 Å². The standard InChI is InChI=1S/C25H36N4O6/c1-17-13-29(18(2)16-30)25(33)21-11-20(6-5-19(3)31)12-26-24(21)35-22(17)14-27(4)23(32)15-28-7-9-34-10-8-28/h11-12,17-19,22,30-31H,7-10,13-16H2,1-4H3/t17-,18+,19-,22-/m0/s1. The van der Waals surface area contributed by atoms with Crippen LogP contribution in [0.3, 0.4) is 0 Å². The lowest BCUT2D eigenvalue weighted by Crippen LogP contribution is -2.51. The van der Waals surface area contributed by atoms with Crippen molar-refractivity contribution in [1.29, 1.82) is 0 Å². The Morgan fingerprint density at radius 3 is 2.71 bits per heavy atom. The molecule has 0 aliphatic carbocycles. The number of aliphatic hydroxyl groups excluding tert-OH is 2. The number of ether oxygens (including phenoxy) is 2. The maximum atomic E-state index is 13.4. The van der Waals surface area contributed by atoms with E-state index >= 15 is 0 Å². The Bertz CT molecular complexity index is 953. The SMILES string of the molecule is C[C@H](O)C#Cc1cnc2c(c1)C(=O)N([C@H](C)CO)C[C@H](C)[C@H](CN(C)C(=O)CN1CCOCC1)O2. The van der Waals surface area contributed by atoms with Crippen molar-refractivity contribution in [3.8, 4) is 17.7 Å². The lowest BCUT2D eigenvalue weighted by molar-refractivity contribution is -0.133. The maximum absolute atomic E-state index is 13.4. The summed E-state index contributed by atoms with van der Waals surface area (Å²) in [6.45, 7) is 8.79. The zero-order valence-electron chi connectivity index (χ0n) is 20.9. The van der Waals surface area contributed by atoms with Gasteiger partial charge in [0.2, 0.25) is 11.8 Å². The second kappa shape index (κ2) is 12.3. The van der Waals surface area contributed by atoms with Crippen LogP contribution in [-0.4, -0.2) is 120 Å². The molecule has 1 aromatic heterocycles. The molecule has 2 aliphatic heterocycles. The molecular weight excluding hydrogens is 452 g/mol. The van der Waals surface area contributed by atoms with Gasteiger partial charge in [-0.1, -0.05) is 18.8 Å². The minimum atomic E-state index is -0.814. The molecule has 0 saturated carbocycles. The fourth-order valence-corrected chi connectivity index (χ4v) is 4.02. The van der Waals surface area contributed by atoms with Gasteiger partial charge in [0.1, 0.15) is 17.8 Å². The Balaban J connectivity index is 1.85. The third-order valence-corrected chi connectivity index (χ3v) is 6.29. The Hall–Kier alpha value is -2.71. The first-order valence-corrected chi connectivity index (χ1v) is 12.0. The molecule has 35 heavy (non-hydrogen) atoms. The van der Waals surface area contributed by atoms with Crippen molar-refractivity contribution in [2.24, 2.45) is 5.92 Å². The molecule has 1 aromatic rings. The monoisotopic (exact) mass is 488 g/mol. The average Bonchev–Trinajstić information content (AvgIpc) is 2.84. The van der Waals surface area contributed by atoms with Gasteiger partial charge in [-0.3, -0.25) is 14.5 Å². The van der Waals surface area contributed by atoms with Gasteiger partial charge in [-0.05, 0) is 19.9 Å². The van der Waals surface area contributed by atoms with Gasteiger partial charge in [0.15, 0.2) is 0 Å². The highest BCUT2D eigenvalue weighted by Crippen LogP contribution is 2.27. The molecule has 192 valence electrons. The summed E-state index contributed by atoms with van der Waals surface area (Å²) >= 11 is 0. The summed E-state index contributed by atoms with van der Waals surface area (Å²) in [5, 5.41) is 19.2. The van der Waals surface area contributed by atoms with E-state index in [0.29, 0.717) is 38.4 Å². The number of morpholine rings is 1. The van der Waals surface area contributed by atoms with E-state index < -0.39 is 18.2 Å². The van der Waals surface area contributed by atoms with Gasteiger partial charge >= 0.3 is 0 Å². The Labute approximate surface area is 206 Å². The molecule has 3 heterocycles. The van der Waals surface area contributed by atoms with Crippen molar-refractivity contribution in [2.75, 3.05) is 59.6 Å². The number of rotatable bonds is 6. The predicted octanol–water partition coefficient (Wildman–Crippen LogP) is -0.175. The molecule has 4 atom stereocenters. The second-order valence-electron chi connectivity index (χ2n) is 9.31. The van der Waals surface area contributed by atoms with Gasteiger partial charge in [-0.2, -0.15) is 0 Å². The van der Waals surface area contributed by atoms with Crippen LogP contribution < -0.4 is 4.74 Å². The van der Waals surface area contributed by atoms with E-state index in [9.17, 15) is 19.8 Å². The minimum absolute atomic E-state index is 0.0154. The Morgan fingerprint density at radius 1 is 1.34 bits per heavy atom. The quantitative estimate of drug-likeness (QED) is 0.530. The van der Waals surface area contributed by atoms with E-state index in [2.05, 4.69) is 21.7 Å². The molecule has 2 aliphatic rings. The smallest absolute Gasteiger partial charge is 0.259 e. The summed E-state index contributed by atoms with van der Waals surface area (Å²) in [6.07, 6.45) is 0.263. The van der Waals surface area contributed by atoms with Gasteiger partial charge in [0.25, 0.3) is 5.91 Å². The van der Waals surface area contributed by atoms with Gasteiger partial charge in [0.05, 0.1) is 39.0 Å². The number of aromatic nitrogens is 1. The molecule has 10 nitrogen and oxygen atoms in total. The number of aliphatic hydroxyl groups is 2. The molecular formula is C25H36N4O6. The van der Waals surface area contributed by atoms with Crippen molar-refractivity contribution < 1.29 is 29.3 Å². The Morgan fingerprint density at radius 2 is 2.06 bits per heavy atom. The first kappa shape index (κ1) is 26.9. The number of amides is 2. The highest BCUT2D eigenvalue weighted by atomic mass is 16.5. The lowest BCUT2D eigenvalue weighted by atomic mass is 10.00. The molecule has 2 amide bonds. The molecule has 2 N–H and O–H groups in total. The molecule has 0 radical (unpaired) electrons. The average molecular weight is 489 g/mol. The second-order valence-corrected chi connectivity index (χ2v) is 9.31. The van der Waals surface area contributed by atoms with Crippen LogP contribution in [0.5, 0.6) is 5.88 Å². The lowest BCUT2D eigenvalue weighted by Gasteiger charge is -2.38. The van der Waals surface area contributed by atoms with Crippen molar-refractivity contribution in [2.45, 2.75) is 39.0 Å². The number of pyridine rings is 1. The molecule has 3 rings (SSSR count). The number of carbonyl (C=O) groups excluding carboxylic acids is 2. The fourth-order valence-electron chi connectivity index (χ4n) is 4.02. The van der Waals surface area contributed by atoms with Crippen LogP contribution in [0.25, 0.3) is 0 Å². The van der Waals surface area contributed by atoms with Gasteiger partial charge in [-0.25, -0.2) is 4.98 Å². The van der Waals surface area contributed by atoms with Crippen molar-refractivity contribution >= 4 is 11.8 Å². The molecule has 0 unspecified atom stereocenters. The normalized spacial score (nSPS) is 22.6. The van der Waals surface area contributed by atoms with Crippen LogP contribution in [0, 0.1) is 17.8 Å². The molecule has 1 fully saturated rings. The van der Waals surface area contributed by atoms with Gasteiger partial charge < -0.3 is 29.5 Å². The minimum Gasteiger partial charge on any atom is -0.472 e. The summed E-state index contributed by atoms with van der Waals surface area (Å²) in [4.78, 5) is 36.0. The summed E-state index contributed by atoms with van der Waals surface area (Å²) < 4.78 is 11.6. The summed E-state index contributed by atoms with van der Waals surface area (Å²) in [5.74, 6) is 5.17. The van der Waals surface area contributed by atoms with Crippen LogP contribution in [0.4, 0.5) is 0 Å². The van der Waals surface area contributed by atoms with E-state index in [1.54, 1.807) is 36.8 Å². The van der Waals surface area contributed by atoms with Crippen molar-refractivity contribution in [3.63, 3.8) is 0 Å². The molecule has 10 heteroatoms. The first-order valence-electron chi connectivity index (χ1n) is 12.0. The van der Waals surface area contributed by atoms with E-state index in [1.807, 2.05) is 6.92 Å². The number of hydrogen-bond donors (Lipinski definition) is 2. The van der Waals surface area contributed by atoms with E-state index in [4.69, 9.17) is 9.47 Å². The third-order valence-electron chi connectivity index (χ3n) is 6.29. The van der Waals surface area contributed by atoms with Crippen molar-refractivity contribution in [1.82, 2.24) is 19.7 Å². The number of nitrogens with zero attached hydrogens (tertiary/aromatic N) is 4. The summed E-state index contributed by atoms with van der Waals surface area (Å²) in [5.41, 5.74) is 0.711. The molecule has 0 spiro atoms. The highest BCUT2D eigenvalue weighted by molar-refractivity contribution is 5.97. The predicted molar refractivity (Wildman–Crippen MR) is 129 cm³/mol. The maximum Gasteiger partial charge on any atom is 0.259 e. The van der Waals surface area contributed by atoms with E-state index in [0.717, 1.165) is 13.1 Å². The van der Waals surface area contributed by atoms with Crippen LogP contribution in [0.15, 0.2) is 12.3 Å². The number of fused-ring (bicyclic) bond motifs is 1. The van der Waals surface area contributed by atoms with Crippen LogP contribution in [0.1, 0.15) is 36.7 Å². The zero-order chi connectivity index (χ0) is 25.5. The topological polar surface area (TPSA) is 116 Å².